The minimum atomic E-state index is -0.528. The number of hydrogen-bond acceptors (Lipinski definition) is 5. The first-order chi connectivity index (χ1) is 6.99. The number of aromatic hydroxyl groups is 1. The number of nitrogens with zero attached hydrogens (tertiary/aromatic N) is 1. The summed E-state index contributed by atoms with van der Waals surface area (Å²) in [6.07, 6.45) is 0.221. The van der Waals surface area contributed by atoms with Gasteiger partial charge in [-0.2, -0.15) is 0 Å². The average Bonchev–Trinajstić information content (AvgIpc) is 2.14. The van der Waals surface area contributed by atoms with Crippen LogP contribution >= 0.6 is 0 Å². The molecule has 0 amide bonds. The summed E-state index contributed by atoms with van der Waals surface area (Å²) < 4.78 is 0. The number of rotatable bonds is 3. The lowest BCUT2D eigenvalue weighted by Crippen LogP contribution is -2.02. The molecular weight excluding hydrogens is 212 g/mol. The van der Waals surface area contributed by atoms with E-state index in [-0.39, 0.29) is 36.2 Å². The number of nitro groups is 1. The van der Waals surface area contributed by atoms with Gasteiger partial charge in [0.15, 0.2) is 0 Å². The average molecular weight is 228 g/mol. The van der Waals surface area contributed by atoms with Crippen LogP contribution in [0.4, 0.5) is 5.69 Å². The number of aliphatic hydroxyl groups excluding tert-OH is 1. The van der Waals surface area contributed by atoms with E-state index in [1.54, 1.807) is 6.92 Å². The molecule has 0 radical (unpaired) electrons. The van der Waals surface area contributed by atoms with Gasteiger partial charge in [-0.3, -0.25) is 10.1 Å². The quantitative estimate of drug-likeness (QED) is 0.536. The molecule has 1 rings (SSSR count). The smallest absolute Gasteiger partial charge is 0.279 e. The highest BCUT2D eigenvalue weighted by Gasteiger charge is 2.21. The van der Waals surface area contributed by atoms with Gasteiger partial charge in [0.2, 0.25) is 0 Å². The van der Waals surface area contributed by atoms with E-state index in [0.29, 0.717) is 11.1 Å². The molecule has 6 heteroatoms. The minimum Gasteiger partial charge on any atom is -0.507 e. The topological polar surface area (TPSA) is 119 Å². The maximum Gasteiger partial charge on any atom is 0.279 e. The number of benzene rings is 1. The van der Waals surface area contributed by atoms with Crippen molar-refractivity contribution in [2.75, 3.05) is 6.61 Å². The summed E-state index contributed by atoms with van der Waals surface area (Å²) in [7, 11) is 0. The fourth-order valence-electron chi connectivity index (χ4n) is 1.61. The van der Waals surface area contributed by atoms with Crippen molar-refractivity contribution < 1.29 is 15.1 Å². The predicted molar refractivity (Wildman–Crippen MR) is 60.0 cm³/mol. The van der Waals surface area contributed by atoms with Gasteiger partial charge in [0.05, 0.1) is 10.5 Å². The molecule has 0 fully saturated rings. The van der Waals surface area contributed by atoms with Crippen LogP contribution < -0.4 is 6.15 Å². The van der Waals surface area contributed by atoms with Crippen molar-refractivity contribution in [1.82, 2.24) is 6.15 Å². The van der Waals surface area contributed by atoms with Crippen molar-refractivity contribution in [1.29, 1.82) is 0 Å². The Morgan fingerprint density at radius 1 is 1.44 bits per heavy atom. The largest absolute Gasteiger partial charge is 0.507 e. The van der Waals surface area contributed by atoms with Crippen LogP contribution in [0.25, 0.3) is 0 Å². The summed E-state index contributed by atoms with van der Waals surface area (Å²) in [4.78, 5) is 10.3. The molecule has 0 saturated carbocycles. The molecule has 0 unspecified atom stereocenters. The molecule has 1 aromatic rings. The molecule has 90 valence electrons. The SMILES string of the molecule is Cc1cc(CCO)c([N+](=O)[O-])c(C)c1O.N. The van der Waals surface area contributed by atoms with E-state index in [9.17, 15) is 15.2 Å². The van der Waals surface area contributed by atoms with Gasteiger partial charge in [-0.15, -0.1) is 0 Å². The molecule has 0 saturated heterocycles. The summed E-state index contributed by atoms with van der Waals surface area (Å²) in [6.45, 7) is 3.03. The van der Waals surface area contributed by atoms with E-state index in [4.69, 9.17) is 5.11 Å². The normalized spacial score (nSPS) is 9.69. The Bertz CT molecular complexity index is 404. The van der Waals surface area contributed by atoms with Crippen LogP contribution in [0.5, 0.6) is 5.75 Å². The van der Waals surface area contributed by atoms with Crippen LogP contribution in [0, 0.1) is 24.0 Å². The molecule has 0 atom stereocenters. The van der Waals surface area contributed by atoms with Crippen LogP contribution in [0.15, 0.2) is 6.07 Å². The summed E-state index contributed by atoms with van der Waals surface area (Å²) in [5.41, 5.74) is 1.19. The Kier molecular flexibility index (Phi) is 4.87. The van der Waals surface area contributed by atoms with Crippen molar-refractivity contribution >= 4 is 5.69 Å². The van der Waals surface area contributed by atoms with E-state index >= 15 is 0 Å². The van der Waals surface area contributed by atoms with E-state index in [2.05, 4.69) is 0 Å². The van der Waals surface area contributed by atoms with Gasteiger partial charge in [0, 0.05) is 18.6 Å². The van der Waals surface area contributed by atoms with Gasteiger partial charge < -0.3 is 16.4 Å². The second-order valence-electron chi connectivity index (χ2n) is 3.41. The van der Waals surface area contributed by atoms with Gasteiger partial charge in [0.25, 0.3) is 5.69 Å². The Labute approximate surface area is 93.3 Å². The van der Waals surface area contributed by atoms with Crippen molar-refractivity contribution in [2.45, 2.75) is 20.3 Å². The molecular formula is C10H16N2O4. The zero-order valence-electron chi connectivity index (χ0n) is 9.36. The Hall–Kier alpha value is -1.66. The van der Waals surface area contributed by atoms with E-state index in [1.807, 2.05) is 0 Å². The summed E-state index contributed by atoms with van der Waals surface area (Å²) in [5.74, 6) is -0.0524. The molecule has 1 aromatic carbocycles. The Morgan fingerprint density at radius 2 is 2.00 bits per heavy atom. The molecule has 6 nitrogen and oxygen atoms in total. The number of phenols is 1. The monoisotopic (exact) mass is 228 g/mol. The predicted octanol–water partition coefficient (Wildman–Crippen LogP) is 1.61. The van der Waals surface area contributed by atoms with Crippen LogP contribution in [-0.2, 0) is 6.42 Å². The standard InChI is InChI=1S/C10H13NO4.H3N/c1-6-5-8(3-4-12)9(11(14)15)7(2)10(6)13;/h5,12-13H,3-4H2,1-2H3;1H3. The number of aryl methyl sites for hydroxylation is 1. The van der Waals surface area contributed by atoms with E-state index in [1.165, 1.54) is 13.0 Å². The molecule has 0 spiro atoms. The molecule has 0 aliphatic rings. The highest BCUT2D eigenvalue weighted by atomic mass is 16.6. The molecule has 0 bridgehead atoms. The number of aliphatic hydroxyl groups is 1. The molecule has 0 heterocycles. The van der Waals surface area contributed by atoms with Crippen molar-refractivity contribution in [3.05, 3.63) is 32.9 Å². The first-order valence-electron chi connectivity index (χ1n) is 4.56. The fourth-order valence-corrected chi connectivity index (χ4v) is 1.61. The van der Waals surface area contributed by atoms with Gasteiger partial charge in [0.1, 0.15) is 5.75 Å². The summed E-state index contributed by atoms with van der Waals surface area (Å²) in [6, 6.07) is 1.54. The third-order valence-corrected chi connectivity index (χ3v) is 2.34. The lowest BCUT2D eigenvalue weighted by atomic mass is 10.0. The van der Waals surface area contributed by atoms with Gasteiger partial charge in [-0.05, 0) is 25.5 Å². The first kappa shape index (κ1) is 14.3. The van der Waals surface area contributed by atoms with Crippen molar-refractivity contribution in [3.63, 3.8) is 0 Å². The molecule has 0 aliphatic carbocycles. The molecule has 0 aromatic heterocycles. The second kappa shape index (κ2) is 5.43. The van der Waals surface area contributed by atoms with Crippen molar-refractivity contribution in [2.24, 2.45) is 0 Å². The summed E-state index contributed by atoms with van der Waals surface area (Å²) >= 11 is 0. The third-order valence-electron chi connectivity index (χ3n) is 2.34. The van der Waals surface area contributed by atoms with Gasteiger partial charge in [-0.25, -0.2) is 0 Å². The van der Waals surface area contributed by atoms with Gasteiger partial charge >= 0.3 is 0 Å². The van der Waals surface area contributed by atoms with Crippen LogP contribution in [0.2, 0.25) is 0 Å². The lowest BCUT2D eigenvalue weighted by Gasteiger charge is -2.08. The highest BCUT2D eigenvalue weighted by Crippen LogP contribution is 2.33. The Balaban J connectivity index is 0.00000225. The van der Waals surface area contributed by atoms with Crippen molar-refractivity contribution in [3.8, 4) is 5.75 Å². The van der Waals surface area contributed by atoms with Gasteiger partial charge in [-0.1, -0.05) is 0 Å². The third kappa shape index (κ3) is 2.47. The maximum atomic E-state index is 10.8. The van der Waals surface area contributed by atoms with Crippen LogP contribution in [0.3, 0.4) is 0 Å². The molecule has 0 aliphatic heterocycles. The summed E-state index contributed by atoms with van der Waals surface area (Å²) in [5, 5.41) is 29.1. The second-order valence-corrected chi connectivity index (χ2v) is 3.41. The van der Waals surface area contributed by atoms with Crippen LogP contribution in [-0.4, -0.2) is 21.7 Å². The number of phenolic OH excluding ortho intramolecular Hbond substituents is 1. The molecule has 16 heavy (non-hydrogen) atoms. The zero-order chi connectivity index (χ0) is 11.6. The fraction of sp³-hybridized carbons (Fsp3) is 0.400. The number of hydrogen-bond donors (Lipinski definition) is 3. The maximum absolute atomic E-state index is 10.8. The molecule has 5 N–H and O–H groups in total. The van der Waals surface area contributed by atoms with E-state index in [0.717, 1.165) is 0 Å². The lowest BCUT2D eigenvalue weighted by molar-refractivity contribution is -0.386. The minimum absolute atomic E-state index is 0. The first-order valence-corrected chi connectivity index (χ1v) is 4.56. The highest BCUT2D eigenvalue weighted by molar-refractivity contribution is 5.57. The van der Waals surface area contributed by atoms with E-state index < -0.39 is 4.92 Å². The Morgan fingerprint density at radius 3 is 2.44 bits per heavy atom. The number of nitro benzene ring substituents is 1. The zero-order valence-corrected chi connectivity index (χ0v) is 9.36. The van der Waals surface area contributed by atoms with Crippen LogP contribution in [0.1, 0.15) is 16.7 Å².